The number of carboxylic acids is 1. The van der Waals surface area contributed by atoms with Gasteiger partial charge in [-0.1, -0.05) is 12.1 Å². The second-order valence-corrected chi connectivity index (χ2v) is 7.25. The first-order valence-electron chi connectivity index (χ1n) is 9.09. The molecule has 1 saturated heterocycles. The van der Waals surface area contributed by atoms with Crippen molar-refractivity contribution < 1.29 is 9.90 Å². The third kappa shape index (κ3) is 5.20. The first-order chi connectivity index (χ1) is 13.2. The summed E-state index contributed by atoms with van der Waals surface area (Å²) in [5.41, 5.74) is 4.74. The van der Waals surface area contributed by atoms with Crippen LogP contribution in [0.25, 0.3) is 5.70 Å². The number of nitrogens with one attached hydrogen (secondary N) is 2. The molecular formula is C21H25N3O2S. The van der Waals surface area contributed by atoms with Crippen LogP contribution in [0.2, 0.25) is 0 Å². The van der Waals surface area contributed by atoms with Gasteiger partial charge in [0.25, 0.3) is 0 Å². The van der Waals surface area contributed by atoms with Crippen molar-refractivity contribution in [3.63, 3.8) is 0 Å². The summed E-state index contributed by atoms with van der Waals surface area (Å²) in [6, 6.07) is 15.5. The first kappa shape index (κ1) is 19.2. The molecule has 5 nitrogen and oxygen atoms in total. The Hall–Kier alpha value is -2.60. The average molecular weight is 384 g/mol. The maximum absolute atomic E-state index is 10.9. The number of carbonyl (C=O) groups is 1. The molecule has 3 rings (SSSR count). The normalized spacial score (nSPS) is 14.3. The lowest BCUT2D eigenvalue weighted by Crippen LogP contribution is -2.17. The second-order valence-electron chi connectivity index (χ2n) is 6.39. The summed E-state index contributed by atoms with van der Waals surface area (Å²) in [5.74, 6) is -0.211. The molecule has 27 heavy (non-hydrogen) atoms. The maximum atomic E-state index is 10.9. The van der Waals surface area contributed by atoms with Crippen molar-refractivity contribution in [3.05, 3.63) is 65.1 Å². The van der Waals surface area contributed by atoms with Crippen LogP contribution in [0, 0.1) is 0 Å². The quantitative estimate of drug-likeness (QED) is 0.466. The zero-order chi connectivity index (χ0) is 19.1. The Bertz CT molecular complexity index is 782. The minimum Gasteiger partial charge on any atom is -0.478 e. The van der Waals surface area contributed by atoms with Crippen molar-refractivity contribution in [2.24, 2.45) is 0 Å². The molecule has 0 aromatic heterocycles. The molecule has 2 aromatic carbocycles. The summed E-state index contributed by atoms with van der Waals surface area (Å²) in [6.07, 6.45) is 2.57. The summed E-state index contributed by atoms with van der Waals surface area (Å²) in [5, 5.41) is 17.6. The van der Waals surface area contributed by atoms with Crippen LogP contribution in [0.3, 0.4) is 0 Å². The van der Waals surface area contributed by atoms with Gasteiger partial charge in [-0.15, -0.1) is 11.8 Å². The molecular weight excluding hydrogens is 358 g/mol. The number of aromatic carboxylic acids is 1. The Morgan fingerprint density at radius 2 is 1.70 bits per heavy atom. The van der Waals surface area contributed by atoms with Gasteiger partial charge < -0.3 is 20.6 Å². The van der Waals surface area contributed by atoms with Gasteiger partial charge in [-0.05, 0) is 60.2 Å². The third-order valence-electron chi connectivity index (χ3n) is 4.61. The van der Waals surface area contributed by atoms with Gasteiger partial charge in [-0.2, -0.15) is 0 Å². The Kier molecular flexibility index (Phi) is 6.65. The number of hydrogen-bond donors (Lipinski definition) is 3. The van der Waals surface area contributed by atoms with Gasteiger partial charge in [0, 0.05) is 37.2 Å². The van der Waals surface area contributed by atoms with E-state index in [1.165, 1.54) is 24.1 Å². The van der Waals surface area contributed by atoms with E-state index in [2.05, 4.69) is 45.2 Å². The van der Waals surface area contributed by atoms with Crippen LogP contribution in [0.1, 0.15) is 28.8 Å². The van der Waals surface area contributed by atoms with E-state index in [1.807, 2.05) is 7.05 Å². The number of carboxylic acid groups (broad SMARTS) is 1. The van der Waals surface area contributed by atoms with Crippen LogP contribution in [-0.2, 0) is 0 Å². The number of thioether (sulfide) groups is 1. The zero-order valence-corrected chi connectivity index (χ0v) is 16.3. The topological polar surface area (TPSA) is 64.6 Å². The highest BCUT2D eigenvalue weighted by Crippen LogP contribution is 2.23. The number of benzene rings is 2. The molecule has 1 heterocycles. The highest BCUT2D eigenvalue weighted by Gasteiger charge is 2.12. The van der Waals surface area contributed by atoms with Crippen LogP contribution in [0.5, 0.6) is 0 Å². The SMILES string of the molecule is CN/C(=C\SCNc1ccc(C(=O)O)cc1)c1ccc(N2CCCC2)cc1. The smallest absolute Gasteiger partial charge is 0.335 e. The van der Waals surface area contributed by atoms with E-state index in [9.17, 15) is 4.79 Å². The molecule has 2 aromatic rings. The molecule has 142 valence electrons. The molecule has 0 aliphatic carbocycles. The van der Waals surface area contributed by atoms with E-state index in [4.69, 9.17) is 5.11 Å². The number of hydrogen-bond acceptors (Lipinski definition) is 5. The Labute approximate surface area is 164 Å². The number of nitrogens with zero attached hydrogens (tertiary/aromatic N) is 1. The van der Waals surface area contributed by atoms with Crippen LogP contribution >= 0.6 is 11.8 Å². The van der Waals surface area contributed by atoms with E-state index >= 15 is 0 Å². The standard InChI is InChI=1S/C21H25N3O2S/c1-22-20(16-6-10-19(11-7-16)24-12-2-3-13-24)14-27-15-23-18-8-4-17(5-9-18)21(25)26/h4-11,14,22-23H,2-3,12-13,15H2,1H3,(H,25,26)/b20-14-. The van der Waals surface area contributed by atoms with Gasteiger partial charge in [-0.25, -0.2) is 4.79 Å². The van der Waals surface area contributed by atoms with Crippen molar-refractivity contribution in [1.82, 2.24) is 5.32 Å². The average Bonchev–Trinajstić information content (AvgIpc) is 3.23. The van der Waals surface area contributed by atoms with Crippen molar-refractivity contribution >= 4 is 34.8 Å². The van der Waals surface area contributed by atoms with Gasteiger partial charge >= 0.3 is 5.97 Å². The molecule has 0 bridgehead atoms. The molecule has 0 spiro atoms. The van der Waals surface area contributed by atoms with Crippen molar-refractivity contribution in [1.29, 1.82) is 0 Å². The molecule has 6 heteroatoms. The van der Waals surface area contributed by atoms with Gasteiger partial charge in [0.2, 0.25) is 0 Å². The molecule has 1 aliphatic heterocycles. The minimum atomic E-state index is -0.909. The lowest BCUT2D eigenvalue weighted by Gasteiger charge is -2.18. The molecule has 0 amide bonds. The summed E-state index contributed by atoms with van der Waals surface area (Å²) < 4.78 is 0. The highest BCUT2D eigenvalue weighted by atomic mass is 32.2. The van der Waals surface area contributed by atoms with Crippen LogP contribution in [-0.4, -0.2) is 37.1 Å². The molecule has 3 N–H and O–H groups in total. The lowest BCUT2D eigenvalue weighted by atomic mass is 10.1. The van der Waals surface area contributed by atoms with Gasteiger partial charge in [0.15, 0.2) is 0 Å². The highest BCUT2D eigenvalue weighted by molar-refractivity contribution is 8.02. The zero-order valence-electron chi connectivity index (χ0n) is 15.4. The summed E-state index contributed by atoms with van der Waals surface area (Å²) in [6.45, 7) is 2.31. The number of rotatable bonds is 8. The Balaban J connectivity index is 1.53. The van der Waals surface area contributed by atoms with Gasteiger partial charge in [-0.3, -0.25) is 0 Å². The molecule has 0 saturated carbocycles. The molecule has 0 atom stereocenters. The van der Waals surface area contributed by atoms with Crippen molar-refractivity contribution in [3.8, 4) is 0 Å². The van der Waals surface area contributed by atoms with E-state index in [0.29, 0.717) is 11.4 Å². The fourth-order valence-electron chi connectivity index (χ4n) is 3.08. The maximum Gasteiger partial charge on any atom is 0.335 e. The predicted octanol–water partition coefficient (Wildman–Crippen LogP) is 4.31. The van der Waals surface area contributed by atoms with Crippen LogP contribution in [0.15, 0.2) is 53.9 Å². The monoisotopic (exact) mass is 383 g/mol. The second kappa shape index (κ2) is 9.37. The fourth-order valence-corrected chi connectivity index (χ4v) is 3.83. The predicted molar refractivity (Wildman–Crippen MR) is 114 cm³/mol. The Morgan fingerprint density at radius 1 is 1.07 bits per heavy atom. The fraction of sp³-hybridized carbons (Fsp3) is 0.286. The van der Waals surface area contributed by atoms with E-state index in [1.54, 1.807) is 36.0 Å². The van der Waals surface area contributed by atoms with Gasteiger partial charge in [0.1, 0.15) is 0 Å². The van der Waals surface area contributed by atoms with E-state index < -0.39 is 5.97 Å². The summed E-state index contributed by atoms with van der Waals surface area (Å²) in [7, 11) is 1.93. The molecule has 0 unspecified atom stereocenters. The van der Waals surface area contributed by atoms with Crippen LogP contribution < -0.4 is 15.5 Å². The van der Waals surface area contributed by atoms with Gasteiger partial charge in [0.05, 0.1) is 11.4 Å². The molecule has 1 aliphatic rings. The van der Waals surface area contributed by atoms with E-state index in [0.717, 1.165) is 24.5 Å². The number of anilines is 2. The molecule has 1 fully saturated rings. The van der Waals surface area contributed by atoms with Crippen LogP contribution in [0.4, 0.5) is 11.4 Å². The summed E-state index contributed by atoms with van der Waals surface area (Å²) in [4.78, 5) is 13.3. The first-order valence-corrected chi connectivity index (χ1v) is 10.1. The van der Waals surface area contributed by atoms with Crippen molar-refractivity contribution in [2.45, 2.75) is 12.8 Å². The lowest BCUT2D eigenvalue weighted by molar-refractivity contribution is 0.0697. The molecule has 0 radical (unpaired) electrons. The third-order valence-corrected chi connectivity index (χ3v) is 5.32. The van der Waals surface area contributed by atoms with Crippen molar-refractivity contribution in [2.75, 3.05) is 36.2 Å². The minimum absolute atomic E-state index is 0.294. The van der Waals surface area contributed by atoms with E-state index in [-0.39, 0.29) is 0 Å². The Morgan fingerprint density at radius 3 is 2.30 bits per heavy atom. The largest absolute Gasteiger partial charge is 0.478 e. The summed E-state index contributed by atoms with van der Waals surface area (Å²) >= 11 is 1.65.